The van der Waals surface area contributed by atoms with Gasteiger partial charge in [-0.1, -0.05) is 36.5 Å². The highest BCUT2D eigenvalue weighted by atomic mass is 35.5. The fourth-order valence-electron chi connectivity index (χ4n) is 2.86. The van der Waals surface area contributed by atoms with Crippen molar-refractivity contribution in [1.82, 2.24) is 9.88 Å². The minimum absolute atomic E-state index is 0. The molecule has 3 rings (SSSR count). The maximum absolute atomic E-state index is 13.6. The molecule has 0 saturated carbocycles. The van der Waals surface area contributed by atoms with Gasteiger partial charge in [-0.05, 0) is 43.4 Å². The number of carbonyl (C=O) groups excluding carboxylic acids is 1. The Balaban J connectivity index is 0.00000341. The number of benzene rings is 1. The van der Waals surface area contributed by atoms with Crippen molar-refractivity contribution in [3.05, 3.63) is 57.2 Å². The van der Waals surface area contributed by atoms with Crippen molar-refractivity contribution in [3.63, 3.8) is 0 Å². The molecule has 0 spiro atoms. The molecule has 0 fully saturated rings. The summed E-state index contributed by atoms with van der Waals surface area (Å²) in [5, 5.41) is 11.4. The second-order valence-corrected chi connectivity index (χ2v) is 8.49. The first-order chi connectivity index (χ1) is 14.4. The second kappa shape index (κ2) is 11.3. The number of nitrogens with zero attached hydrogens (tertiary/aromatic N) is 4. The van der Waals surface area contributed by atoms with Gasteiger partial charge in [-0.2, -0.15) is 0 Å². The van der Waals surface area contributed by atoms with Gasteiger partial charge in [0, 0.05) is 30.1 Å². The summed E-state index contributed by atoms with van der Waals surface area (Å²) in [6.45, 7) is 6.93. The Morgan fingerprint density at radius 2 is 1.94 bits per heavy atom. The summed E-state index contributed by atoms with van der Waals surface area (Å²) in [6, 6.07) is 7.36. The Labute approximate surface area is 193 Å². The number of rotatable bonds is 9. The summed E-state index contributed by atoms with van der Waals surface area (Å²) < 4.78 is 14.2. The molecule has 0 bridgehead atoms. The van der Waals surface area contributed by atoms with Crippen molar-refractivity contribution in [2.24, 2.45) is 0 Å². The summed E-state index contributed by atoms with van der Waals surface area (Å²) in [5.41, 5.74) is 0.634. The fraction of sp³-hybridized carbons (Fsp3) is 0.300. The van der Waals surface area contributed by atoms with Crippen LogP contribution in [0.3, 0.4) is 0 Å². The highest BCUT2D eigenvalue weighted by Crippen LogP contribution is 2.30. The van der Waals surface area contributed by atoms with Crippen LogP contribution in [0.1, 0.15) is 18.7 Å². The third-order valence-electron chi connectivity index (χ3n) is 4.55. The van der Waals surface area contributed by atoms with E-state index in [9.17, 15) is 19.3 Å². The third kappa shape index (κ3) is 6.30. The van der Waals surface area contributed by atoms with E-state index in [0.29, 0.717) is 33.3 Å². The molecule has 0 aliphatic heterocycles. The molecule has 0 atom stereocenters. The summed E-state index contributed by atoms with van der Waals surface area (Å²) in [5.74, 6) is -0.629. The lowest BCUT2D eigenvalue weighted by atomic mass is 10.3. The van der Waals surface area contributed by atoms with Crippen LogP contribution >= 0.6 is 35.1 Å². The number of nitro groups is 1. The number of hydrogen-bond acceptors (Lipinski definition) is 7. The minimum Gasteiger partial charge on any atom is -0.302 e. The van der Waals surface area contributed by atoms with E-state index in [-0.39, 0.29) is 29.1 Å². The highest BCUT2D eigenvalue weighted by Gasteiger charge is 2.19. The van der Waals surface area contributed by atoms with Crippen molar-refractivity contribution < 1.29 is 14.1 Å². The first-order valence-corrected chi connectivity index (χ1v) is 11.1. The largest absolute Gasteiger partial charge is 0.324 e. The lowest BCUT2D eigenvalue weighted by Crippen LogP contribution is -2.38. The highest BCUT2D eigenvalue weighted by molar-refractivity contribution is 7.22. The van der Waals surface area contributed by atoms with Crippen molar-refractivity contribution in [2.75, 3.05) is 31.1 Å². The van der Waals surface area contributed by atoms with Gasteiger partial charge < -0.3 is 4.90 Å². The summed E-state index contributed by atoms with van der Waals surface area (Å²) in [6.07, 6.45) is 2.96. The first-order valence-electron chi connectivity index (χ1n) is 9.43. The SMILES string of the molecule is CCN(CC)CCN(C(=O)C=Cc1ccc([N+](=O)[O-])s1)c1nc2ccc(F)cc2s1.Cl. The van der Waals surface area contributed by atoms with Crippen molar-refractivity contribution in [2.45, 2.75) is 13.8 Å². The summed E-state index contributed by atoms with van der Waals surface area (Å²) in [7, 11) is 0. The van der Waals surface area contributed by atoms with Crippen LogP contribution < -0.4 is 4.90 Å². The fourth-order valence-corrected chi connectivity index (χ4v) is 4.60. The maximum atomic E-state index is 13.6. The van der Waals surface area contributed by atoms with Crippen LogP contribution in [-0.2, 0) is 4.79 Å². The number of thiazole rings is 1. The van der Waals surface area contributed by atoms with Crippen LogP contribution in [-0.4, -0.2) is 46.9 Å². The lowest BCUT2D eigenvalue weighted by molar-refractivity contribution is -0.380. The standard InChI is InChI=1S/C20H21FN4O3S2.ClH/c1-3-23(4-2)11-12-24(20-22-16-8-5-14(21)13-17(16)30-20)18(26)9-6-15-7-10-19(29-15)25(27)28;/h5-10,13H,3-4,11-12H2,1-2H3;1H. The Hall–Kier alpha value is -2.40. The van der Waals surface area contributed by atoms with Crippen molar-refractivity contribution >= 4 is 67.4 Å². The number of likely N-dealkylation sites (N-methyl/N-ethyl adjacent to an activating group) is 1. The van der Waals surface area contributed by atoms with Crippen molar-refractivity contribution in [3.8, 4) is 0 Å². The molecular formula is C20H22ClFN4O3S2. The van der Waals surface area contributed by atoms with Gasteiger partial charge in [-0.15, -0.1) is 12.4 Å². The molecule has 2 aromatic heterocycles. The molecule has 0 radical (unpaired) electrons. The molecule has 2 heterocycles. The molecule has 31 heavy (non-hydrogen) atoms. The van der Waals surface area contributed by atoms with Gasteiger partial charge in [0.15, 0.2) is 5.13 Å². The molecule has 11 heteroatoms. The average Bonchev–Trinajstić information content (AvgIpc) is 3.36. The van der Waals surface area contributed by atoms with E-state index < -0.39 is 4.92 Å². The zero-order chi connectivity index (χ0) is 21.7. The topological polar surface area (TPSA) is 79.6 Å². The second-order valence-electron chi connectivity index (χ2n) is 6.39. The smallest absolute Gasteiger partial charge is 0.302 e. The van der Waals surface area contributed by atoms with E-state index in [0.717, 1.165) is 24.4 Å². The number of anilines is 1. The molecule has 1 aromatic carbocycles. The average molecular weight is 485 g/mol. The van der Waals surface area contributed by atoms with Crippen LogP contribution in [0.15, 0.2) is 36.4 Å². The quantitative estimate of drug-likeness (QED) is 0.236. The molecule has 3 aromatic rings. The number of aromatic nitrogens is 1. The van der Waals surface area contributed by atoms with E-state index in [4.69, 9.17) is 0 Å². The zero-order valence-corrected chi connectivity index (χ0v) is 19.4. The molecule has 1 amide bonds. The molecule has 0 aliphatic carbocycles. The van der Waals surface area contributed by atoms with Gasteiger partial charge in [0.25, 0.3) is 5.91 Å². The van der Waals surface area contributed by atoms with E-state index in [1.807, 2.05) is 0 Å². The molecule has 0 unspecified atom stereocenters. The molecule has 0 aliphatic rings. The Kier molecular flexibility index (Phi) is 9.05. The van der Waals surface area contributed by atoms with Crippen LogP contribution in [0.25, 0.3) is 16.3 Å². The molecule has 166 valence electrons. The Morgan fingerprint density at radius 1 is 1.19 bits per heavy atom. The molecule has 0 saturated heterocycles. The molecular weight excluding hydrogens is 463 g/mol. The number of halogens is 2. The monoisotopic (exact) mass is 484 g/mol. The van der Waals surface area contributed by atoms with Crippen LogP contribution in [0.4, 0.5) is 14.5 Å². The Bertz CT molecular complexity index is 1080. The summed E-state index contributed by atoms with van der Waals surface area (Å²) >= 11 is 2.26. The van der Waals surface area contributed by atoms with Gasteiger partial charge in [0.1, 0.15) is 5.82 Å². The third-order valence-corrected chi connectivity index (χ3v) is 6.60. The van der Waals surface area contributed by atoms with Gasteiger partial charge in [0.2, 0.25) is 0 Å². The van der Waals surface area contributed by atoms with Gasteiger partial charge in [-0.3, -0.25) is 19.8 Å². The maximum Gasteiger partial charge on any atom is 0.324 e. The number of thiophene rings is 1. The number of carbonyl (C=O) groups is 1. The predicted molar refractivity (Wildman–Crippen MR) is 127 cm³/mol. The summed E-state index contributed by atoms with van der Waals surface area (Å²) in [4.78, 5) is 32.2. The predicted octanol–water partition coefficient (Wildman–Crippen LogP) is 5.22. The van der Waals surface area contributed by atoms with Gasteiger partial charge >= 0.3 is 5.00 Å². The lowest BCUT2D eigenvalue weighted by Gasteiger charge is -2.23. The molecule has 0 N–H and O–H groups in total. The van der Waals surface area contributed by atoms with Crippen LogP contribution in [0.2, 0.25) is 0 Å². The van der Waals surface area contributed by atoms with E-state index >= 15 is 0 Å². The van der Waals surface area contributed by atoms with E-state index in [1.54, 1.807) is 23.1 Å². The number of fused-ring (bicyclic) bond motifs is 1. The van der Waals surface area contributed by atoms with Crippen LogP contribution in [0, 0.1) is 15.9 Å². The first kappa shape index (κ1) is 24.9. The van der Waals surface area contributed by atoms with Crippen molar-refractivity contribution in [1.29, 1.82) is 0 Å². The van der Waals surface area contributed by atoms with Crippen LogP contribution in [0.5, 0.6) is 0 Å². The Morgan fingerprint density at radius 3 is 2.58 bits per heavy atom. The van der Waals surface area contributed by atoms with E-state index in [2.05, 4.69) is 23.7 Å². The molecule has 7 nitrogen and oxygen atoms in total. The van der Waals surface area contributed by atoms with Gasteiger partial charge in [-0.25, -0.2) is 9.37 Å². The normalized spacial score (nSPS) is 11.2. The number of hydrogen-bond donors (Lipinski definition) is 0. The van der Waals surface area contributed by atoms with Gasteiger partial charge in [0.05, 0.1) is 15.1 Å². The van der Waals surface area contributed by atoms with E-state index in [1.165, 1.54) is 35.6 Å². The zero-order valence-electron chi connectivity index (χ0n) is 17.0. The number of amides is 1. The minimum atomic E-state index is -0.458.